The van der Waals surface area contributed by atoms with Crippen molar-refractivity contribution in [3.63, 3.8) is 0 Å². The third-order valence-electron chi connectivity index (χ3n) is 4.04. The molecule has 0 radical (unpaired) electrons. The van der Waals surface area contributed by atoms with Gasteiger partial charge in [-0.15, -0.1) is 0 Å². The van der Waals surface area contributed by atoms with Gasteiger partial charge in [-0.05, 0) is 52.2 Å². The first-order valence-corrected chi connectivity index (χ1v) is 8.00. The van der Waals surface area contributed by atoms with Gasteiger partial charge in [-0.3, -0.25) is 0 Å². The Morgan fingerprint density at radius 1 is 1.24 bits per heavy atom. The lowest BCUT2D eigenvalue weighted by atomic mass is 9.82. The highest BCUT2D eigenvalue weighted by molar-refractivity contribution is 5.20. The highest BCUT2D eigenvalue weighted by Crippen LogP contribution is 2.33. The summed E-state index contributed by atoms with van der Waals surface area (Å²) in [4.78, 5) is 0. The molecule has 1 aliphatic rings. The second kappa shape index (κ2) is 7.28. The van der Waals surface area contributed by atoms with E-state index in [-0.39, 0.29) is 11.0 Å². The predicted molar refractivity (Wildman–Crippen MR) is 86.8 cm³/mol. The van der Waals surface area contributed by atoms with Gasteiger partial charge in [0.2, 0.25) is 0 Å². The largest absolute Gasteiger partial charge is 0.494 e. The van der Waals surface area contributed by atoms with Gasteiger partial charge in [-0.1, -0.05) is 18.2 Å². The van der Waals surface area contributed by atoms with Gasteiger partial charge in [-0.25, -0.2) is 0 Å². The molecule has 1 fully saturated rings. The smallest absolute Gasteiger partial charge is 0.119 e. The van der Waals surface area contributed by atoms with E-state index in [9.17, 15) is 0 Å². The molecule has 3 nitrogen and oxygen atoms in total. The molecule has 1 N–H and O–H groups in total. The number of benzene rings is 1. The summed E-state index contributed by atoms with van der Waals surface area (Å²) in [5.74, 6) is 0.960. The molecule has 1 saturated heterocycles. The zero-order valence-electron chi connectivity index (χ0n) is 13.7. The zero-order chi connectivity index (χ0) is 15.2. The molecule has 0 saturated carbocycles. The van der Waals surface area contributed by atoms with E-state index in [0.29, 0.717) is 0 Å². The number of nitrogens with one attached hydrogen (secondary N) is 1. The highest BCUT2D eigenvalue weighted by Gasteiger charge is 2.35. The Morgan fingerprint density at radius 2 is 2.00 bits per heavy atom. The van der Waals surface area contributed by atoms with E-state index in [1.807, 2.05) is 30.3 Å². The molecule has 0 bridgehead atoms. The van der Waals surface area contributed by atoms with Crippen LogP contribution < -0.4 is 10.1 Å². The molecule has 1 aliphatic heterocycles. The summed E-state index contributed by atoms with van der Waals surface area (Å²) >= 11 is 0. The molecule has 118 valence electrons. The minimum absolute atomic E-state index is 0.163. The maximum Gasteiger partial charge on any atom is 0.119 e. The van der Waals surface area contributed by atoms with Crippen molar-refractivity contribution < 1.29 is 9.47 Å². The third-order valence-corrected chi connectivity index (χ3v) is 4.04. The van der Waals surface area contributed by atoms with E-state index in [1.165, 1.54) is 0 Å². The molecule has 2 rings (SSSR count). The van der Waals surface area contributed by atoms with E-state index < -0.39 is 0 Å². The van der Waals surface area contributed by atoms with Crippen molar-refractivity contribution in [1.82, 2.24) is 5.32 Å². The lowest BCUT2D eigenvalue weighted by Gasteiger charge is -2.32. The van der Waals surface area contributed by atoms with Crippen LogP contribution in [0.25, 0.3) is 0 Å². The molecular weight excluding hydrogens is 262 g/mol. The first-order valence-electron chi connectivity index (χ1n) is 8.00. The monoisotopic (exact) mass is 291 g/mol. The second-order valence-electron chi connectivity index (χ2n) is 7.17. The molecule has 0 amide bonds. The molecule has 0 aromatic heterocycles. The fourth-order valence-electron chi connectivity index (χ4n) is 2.68. The number of hydrogen-bond donors (Lipinski definition) is 1. The molecule has 1 aromatic carbocycles. The quantitative estimate of drug-likeness (QED) is 0.778. The first kappa shape index (κ1) is 16.3. The van der Waals surface area contributed by atoms with Crippen LogP contribution >= 0.6 is 0 Å². The van der Waals surface area contributed by atoms with Crippen molar-refractivity contribution in [3.8, 4) is 5.75 Å². The van der Waals surface area contributed by atoms with Crippen LogP contribution in [0.15, 0.2) is 30.3 Å². The second-order valence-corrected chi connectivity index (χ2v) is 7.17. The molecule has 3 heteroatoms. The van der Waals surface area contributed by atoms with Crippen LogP contribution in [0.3, 0.4) is 0 Å². The Balaban J connectivity index is 1.75. The molecule has 1 aromatic rings. The van der Waals surface area contributed by atoms with Gasteiger partial charge in [0, 0.05) is 24.1 Å². The van der Waals surface area contributed by atoms with Gasteiger partial charge in [0.05, 0.1) is 13.2 Å². The van der Waals surface area contributed by atoms with E-state index in [1.54, 1.807) is 0 Å². The van der Waals surface area contributed by atoms with E-state index in [0.717, 1.165) is 51.4 Å². The van der Waals surface area contributed by atoms with Gasteiger partial charge >= 0.3 is 0 Å². The summed E-state index contributed by atoms with van der Waals surface area (Å²) in [6, 6.07) is 10.0. The SMILES string of the molecule is CC(C)(C)NCC1(CCCOc2ccccc2)CCOC1. The number of para-hydroxylation sites is 1. The van der Waals surface area contributed by atoms with Gasteiger partial charge < -0.3 is 14.8 Å². The van der Waals surface area contributed by atoms with Crippen molar-refractivity contribution in [2.75, 3.05) is 26.4 Å². The van der Waals surface area contributed by atoms with Crippen LogP contribution in [0.2, 0.25) is 0 Å². The average Bonchev–Trinajstić information content (AvgIpc) is 2.92. The van der Waals surface area contributed by atoms with Gasteiger partial charge in [-0.2, -0.15) is 0 Å². The molecular formula is C18H29NO2. The van der Waals surface area contributed by atoms with E-state index in [2.05, 4.69) is 26.1 Å². The van der Waals surface area contributed by atoms with Crippen molar-refractivity contribution in [3.05, 3.63) is 30.3 Å². The lowest BCUT2D eigenvalue weighted by molar-refractivity contribution is 0.132. The van der Waals surface area contributed by atoms with E-state index >= 15 is 0 Å². The maximum atomic E-state index is 5.79. The van der Waals surface area contributed by atoms with Crippen LogP contribution in [0.5, 0.6) is 5.75 Å². The number of hydrogen-bond acceptors (Lipinski definition) is 3. The Labute approximate surface area is 129 Å². The Bertz CT molecular complexity index is 405. The van der Waals surface area contributed by atoms with Crippen LogP contribution in [0.1, 0.15) is 40.0 Å². The Morgan fingerprint density at radius 3 is 2.62 bits per heavy atom. The van der Waals surface area contributed by atoms with Gasteiger partial charge in [0.1, 0.15) is 5.75 Å². The highest BCUT2D eigenvalue weighted by atomic mass is 16.5. The minimum atomic E-state index is 0.163. The fourth-order valence-corrected chi connectivity index (χ4v) is 2.68. The molecule has 1 atom stereocenters. The van der Waals surface area contributed by atoms with Crippen LogP contribution in [0, 0.1) is 5.41 Å². The van der Waals surface area contributed by atoms with Crippen LogP contribution in [-0.2, 0) is 4.74 Å². The van der Waals surface area contributed by atoms with Gasteiger partial charge in [0.15, 0.2) is 0 Å². The van der Waals surface area contributed by atoms with Crippen LogP contribution in [0.4, 0.5) is 0 Å². The standard InChI is InChI=1S/C18H29NO2/c1-17(2,3)19-14-18(11-13-20-15-18)10-7-12-21-16-8-5-4-6-9-16/h4-6,8-9,19H,7,10-15H2,1-3H3. The first-order chi connectivity index (χ1) is 9.99. The molecule has 0 spiro atoms. The summed E-state index contributed by atoms with van der Waals surface area (Å²) in [7, 11) is 0. The summed E-state index contributed by atoms with van der Waals surface area (Å²) in [6.45, 7) is 10.2. The maximum absolute atomic E-state index is 5.79. The van der Waals surface area contributed by atoms with Crippen molar-refractivity contribution in [1.29, 1.82) is 0 Å². The van der Waals surface area contributed by atoms with Gasteiger partial charge in [0.25, 0.3) is 0 Å². The summed E-state index contributed by atoms with van der Waals surface area (Å²) < 4.78 is 11.5. The summed E-state index contributed by atoms with van der Waals surface area (Å²) in [5, 5.41) is 3.64. The topological polar surface area (TPSA) is 30.5 Å². The minimum Gasteiger partial charge on any atom is -0.494 e. The molecule has 1 heterocycles. The normalized spacial score (nSPS) is 22.4. The summed E-state index contributed by atoms with van der Waals surface area (Å²) in [5.41, 5.74) is 0.448. The Kier molecular flexibility index (Phi) is 5.65. The van der Waals surface area contributed by atoms with E-state index in [4.69, 9.17) is 9.47 Å². The van der Waals surface area contributed by atoms with Crippen LogP contribution in [-0.4, -0.2) is 31.9 Å². The zero-order valence-corrected chi connectivity index (χ0v) is 13.7. The molecule has 1 unspecified atom stereocenters. The number of rotatable bonds is 7. The summed E-state index contributed by atoms with van der Waals surface area (Å²) in [6.07, 6.45) is 3.38. The van der Waals surface area contributed by atoms with Crippen molar-refractivity contribution in [2.45, 2.75) is 45.6 Å². The van der Waals surface area contributed by atoms with Crippen molar-refractivity contribution >= 4 is 0 Å². The predicted octanol–water partition coefficient (Wildman–Crippen LogP) is 3.64. The Hall–Kier alpha value is -1.06. The number of ether oxygens (including phenoxy) is 2. The third kappa shape index (κ3) is 5.68. The van der Waals surface area contributed by atoms with Crippen molar-refractivity contribution in [2.24, 2.45) is 5.41 Å². The molecule has 0 aliphatic carbocycles. The fraction of sp³-hybridized carbons (Fsp3) is 0.667. The average molecular weight is 291 g/mol. The molecule has 21 heavy (non-hydrogen) atoms. The lowest BCUT2D eigenvalue weighted by Crippen LogP contribution is -2.44.